The van der Waals surface area contributed by atoms with Crippen molar-refractivity contribution in [2.75, 3.05) is 17.6 Å². The lowest BCUT2D eigenvalue weighted by Gasteiger charge is -2.18. The second-order valence-electron chi connectivity index (χ2n) is 5.48. The topological polar surface area (TPSA) is 33.0 Å². The highest BCUT2D eigenvalue weighted by atomic mass is 127. The van der Waals surface area contributed by atoms with E-state index in [1.54, 1.807) is 0 Å². The molecule has 0 aromatic heterocycles. The minimum atomic E-state index is -0.446. The predicted octanol–water partition coefficient (Wildman–Crippen LogP) is 4.41. The van der Waals surface area contributed by atoms with Crippen LogP contribution in [0.4, 0.5) is 0 Å². The molecule has 0 heterocycles. The summed E-state index contributed by atoms with van der Waals surface area (Å²) < 4.78 is 5.56. The number of ether oxygens (including phenoxy) is 1. The number of rotatable bonds is 5. The van der Waals surface area contributed by atoms with E-state index in [1.807, 2.05) is 6.07 Å². The van der Waals surface area contributed by atoms with E-state index < -0.39 is 7.92 Å². The Morgan fingerprint density at radius 1 is 0.679 bits per heavy atom. The van der Waals surface area contributed by atoms with Crippen LogP contribution in [0.15, 0.2) is 91.0 Å². The van der Waals surface area contributed by atoms with Crippen LogP contribution in [0.3, 0.4) is 0 Å². The minimum absolute atomic E-state index is 0.135. The quantitative estimate of drug-likeness (QED) is 0.172. The first-order chi connectivity index (χ1) is 13.9. The van der Waals surface area contributed by atoms with Crippen LogP contribution in [0, 0.1) is 23.2 Å². The van der Waals surface area contributed by atoms with Crippen molar-refractivity contribution in [1.82, 2.24) is 0 Å². The highest BCUT2D eigenvalue weighted by Gasteiger charge is 2.14. The van der Waals surface area contributed by atoms with Gasteiger partial charge in [-0.15, -0.1) is 0 Å². The van der Waals surface area contributed by atoms with E-state index in [1.165, 1.54) is 15.9 Å². The molecule has 3 rings (SSSR count). The third-order valence-corrected chi connectivity index (χ3v) is 6.40. The Balaban J connectivity index is 0.000000266. The fraction of sp³-hybridized carbons (Fsp3) is 0.125. The zero-order chi connectivity index (χ0) is 19.9. The van der Waals surface area contributed by atoms with Crippen LogP contribution in [0.2, 0.25) is 0 Å². The SMILES string of the molecule is N#CCOCC#CCI.c1ccc(P(c2ccccc2)c2ccccc2)cc1. The fourth-order valence-corrected chi connectivity index (χ4v) is 5.00. The molecule has 0 atom stereocenters. The molecule has 140 valence electrons. The molecular formula is C24H21INOP. The van der Waals surface area contributed by atoms with Crippen molar-refractivity contribution >= 4 is 46.4 Å². The van der Waals surface area contributed by atoms with Crippen molar-refractivity contribution in [2.45, 2.75) is 0 Å². The van der Waals surface area contributed by atoms with E-state index in [-0.39, 0.29) is 6.61 Å². The van der Waals surface area contributed by atoms with E-state index in [0.717, 1.165) is 4.43 Å². The summed E-state index contributed by atoms with van der Waals surface area (Å²) in [7, 11) is -0.446. The summed E-state index contributed by atoms with van der Waals surface area (Å²) in [5.74, 6) is 5.55. The molecule has 0 spiro atoms. The Kier molecular flexibility index (Phi) is 11.0. The Bertz CT molecular complexity index is 805. The van der Waals surface area contributed by atoms with Gasteiger partial charge >= 0.3 is 0 Å². The molecule has 0 aliphatic carbocycles. The zero-order valence-electron chi connectivity index (χ0n) is 15.5. The van der Waals surface area contributed by atoms with Crippen LogP contribution in [0.1, 0.15) is 0 Å². The van der Waals surface area contributed by atoms with Gasteiger partial charge in [0.15, 0.2) is 0 Å². The molecule has 0 amide bonds. The Labute approximate surface area is 182 Å². The fourth-order valence-electron chi connectivity index (χ4n) is 2.42. The van der Waals surface area contributed by atoms with Gasteiger partial charge in [-0.05, 0) is 23.8 Å². The number of nitriles is 1. The molecule has 3 aromatic rings. The molecule has 2 nitrogen and oxygen atoms in total. The first kappa shape index (κ1) is 22.1. The van der Waals surface area contributed by atoms with E-state index in [2.05, 4.69) is 125 Å². The number of nitrogens with zero attached hydrogens (tertiary/aromatic N) is 1. The van der Waals surface area contributed by atoms with E-state index in [9.17, 15) is 0 Å². The average molecular weight is 497 g/mol. The summed E-state index contributed by atoms with van der Waals surface area (Å²) in [5, 5.41) is 12.2. The molecule has 3 aromatic carbocycles. The van der Waals surface area contributed by atoms with Crippen LogP contribution in [0.25, 0.3) is 0 Å². The molecule has 28 heavy (non-hydrogen) atoms. The smallest absolute Gasteiger partial charge is 0.134 e. The van der Waals surface area contributed by atoms with Crippen molar-refractivity contribution in [3.05, 3.63) is 91.0 Å². The van der Waals surface area contributed by atoms with Gasteiger partial charge in [0.25, 0.3) is 0 Å². The highest BCUT2D eigenvalue weighted by Crippen LogP contribution is 2.32. The molecule has 0 aliphatic rings. The summed E-state index contributed by atoms with van der Waals surface area (Å²) in [6.45, 7) is 0.506. The Hall–Kier alpha value is -2.17. The van der Waals surface area contributed by atoms with Crippen molar-refractivity contribution in [3.8, 4) is 17.9 Å². The third-order valence-electron chi connectivity index (χ3n) is 3.58. The van der Waals surface area contributed by atoms with Crippen molar-refractivity contribution in [1.29, 1.82) is 5.26 Å². The van der Waals surface area contributed by atoms with Gasteiger partial charge in [-0.3, -0.25) is 0 Å². The summed E-state index contributed by atoms with van der Waals surface area (Å²) in [6, 6.07) is 34.2. The second-order valence-corrected chi connectivity index (χ2v) is 8.46. The zero-order valence-corrected chi connectivity index (χ0v) is 18.5. The van der Waals surface area contributed by atoms with Gasteiger partial charge in [0.2, 0.25) is 0 Å². The normalized spacial score (nSPS) is 9.46. The number of hydrogen-bond donors (Lipinski definition) is 0. The maximum absolute atomic E-state index is 8.00. The number of alkyl halides is 1. The van der Waals surface area contributed by atoms with Crippen LogP contribution < -0.4 is 15.9 Å². The maximum atomic E-state index is 8.00. The third kappa shape index (κ3) is 7.83. The van der Waals surface area contributed by atoms with Crippen LogP contribution >= 0.6 is 30.5 Å². The van der Waals surface area contributed by atoms with Crippen molar-refractivity contribution in [3.63, 3.8) is 0 Å². The van der Waals surface area contributed by atoms with Gasteiger partial charge in [0, 0.05) is 0 Å². The molecule has 0 saturated carbocycles. The molecule has 0 N–H and O–H groups in total. The minimum Gasteiger partial charge on any atom is -0.354 e. The monoisotopic (exact) mass is 497 g/mol. The molecule has 0 unspecified atom stereocenters. The molecule has 0 radical (unpaired) electrons. The maximum Gasteiger partial charge on any atom is 0.134 e. The molecule has 0 saturated heterocycles. The number of hydrogen-bond acceptors (Lipinski definition) is 2. The van der Waals surface area contributed by atoms with E-state index in [4.69, 9.17) is 10.00 Å². The van der Waals surface area contributed by atoms with Gasteiger partial charge in [-0.1, -0.05) is 125 Å². The highest BCUT2D eigenvalue weighted by molar-refractivity contribution is 14.1. The predicted molar refractivity (Wildman–Crippen MR) is 128 cm³/mol. The lowest BCUT2D eigenvalue weighted by Crippen LogP contribution is -2.20. The van der Waals surface area contributed by atoms with Gasteiger partial charge in [-0.2, -0.15) is 5.26 Å². The summed E-state index contributed by atoms with van der Waals surface area (Å²) in [6.07, 6.45) is 0. The lowest BCUT2D eigenvalue weighted by atomic mass is 10.4. The van der Waals surface area contributed by atoms with Crippen LogP contribution in [0.5, 0.6) is 0 Å². The standard InChI is InChI=1S/C18H15P.C6H6INO/c1-4-10-16(11-5-1)19(17-12-6-2-7-13-17)18-14-8-3-9-15-18;7-3-1-2-5-9-6-4-8/h1-15H;3,5-6H2. The average Bonchev–Trinajstić information content (AvgIpc) is 2.77. The van der Waals surface area contributed by atoms with Crippen LogP contribution in [-0.2, 0) is 4.74 Å². The van der Waals surface area contributed by atoms with Gasteiger partial charge in [-0.25, -0.2) is 0 Å². The van der Waals surface area contributed by atoms with Crippen molar-refractivity contribution in [2.24, 2.45) is 0 Å². The lowest BCUT2D eigenvalue weighted by molar-refractivity contribution is 0.203. The first-order valence-electron chi connectivity index (χ1n) is 8.78. The first-order valence-corrected chi connectivity index (χ1v) is 11.6. The summed E-state index contributed by atoms with van der Waals surface area (Å²) in [5.41, 5.74) is 0. The number of benzene rings is 3. The van der Waals surface area contributed by atoms with Crippen LogP contribution in [-0.4, -0.2) is 17.6 Å². The van der Waals surface area contributed by atoms with E-state index >= 15 is 0 Å². The largest absolute Gasteiger partial charge is 0.354 e. The van der Waals surface area contributed by atoms with E-state index in [0.29, 0.717) is 6.61 Å². The molecule has 0 fully saturated rings. The molecule has 4 heteroatoms. The molecule has 0 aliphatic heterocycles. The van der Waals surface area contributed by atoms with Gasteiger partial charge < -0.3 is 4.74 Å². The van der Waals surface area contributed by atoms with Crippen molar-refractivity contribution < 1.29 is 4.74 Å². The second kappa shape index (κ2) is 13.9. The molecular weight excluding hydrogens is 476 g/mol. The van der Waals surface area contributed by atoms with Gasteiger partial charge in [0.05, 0.1) is 10.5 Å². The Morgan fingerprint density at radius 2 is 1.11 bits per heavy atom. The summed E-state index contributed by atoms with van der Waals surface area (Å²) in [4.78, 5) is 0. The molecule has 0 bridgehead atoms. The Morgan fingerprint density at radius 3 is 1.46 bits per heavy atom. The van der Waals surface area contributed by atoms with Gasteiger partial charge in [0.1, 0.15) is 13.2 Å². The summed E-state index contributed by atoms with van der Waals surface area (Å²) >= 11 is 2.15. The number of halogens is 1.